The zero-order valence-corrected chi connectivity index (χ0v) is 10.2. The number of aromatic nitrogens is 4. The van der Waals surface area contributed by atoms with Crippen LogP contribution in [0.3, 0.4) is 0 Å². The SMILES string of the molecule is Cn1ccc(C(=O)NNc2nn(C)cc2[N+](=O)[O-])n1. The lowest BCUT2D eigenvalue weighted by atomic mass is 10.4. The molecule has 0 unspecified atom stereocenters. The Bertz CT molecular complexity index is 630. The summed E-state index contributed by atoms with van der Waals surface area (Å²) < 4.78 is 2.74. The van der Waals surface area contributed by atoms with E-state index in [1.165, 1.54) is 21.6 Å². The fraction of sp³-hybridized carbons (Fsp3) is 0.222. The first-order valence-corrected chi connectivity index (χ1v) is 5.21. The summed E-state index contributed by atoms with van der Waals surface area (Å²) in [7, 11) is 3.21. The second kappa shape index (κ2) is 4.76. The number of nitrogens with one attached hydrogen (secondary N) is 2. The van der Waals surface area contributed by atoms with Gasteiger partial charge in [0.1, 0.15) is 6.20 Å². The lowest BCUT2D eigenvalue weighted by Gasteiger charge is -2.03. The van der Waals surface area contributed by atoms with Crippen LogP contribution in [0, 0.1) is 10.1 Å². The van der Waals surface area contributed by atoms with Crippen LogP contribution >= 0.6 is 0 Å². The van der Waals surface area contributed by atoms with Crippen LogP contribution in [0.2, 0.25) is 0 Å². The molecule has 0 spiro atoms. The highest BCUT2D eigenvalue weighted by molar-refractivity contribution is 5.92. The smallest absolute Gasteiger partial charge is 0.275 e. The molecule has 1 amide bonds. The maximum Gasteiger partial charge on any atom is 0.332 e. The number of aryl methyl sites for hydroxylation is 2. The summed E-state index contributed by atoms with van der Waals surface area (Å²) in [6, 6.07) is 1.52. The number of nitro groups is 1. The Morgan fingerprint density at radius 2 is 2.11 bits per heavy atom. The van der Waals surface area contributed by atoms with Gasteiger partial charge < -0.3 is 0 Å². The van der Waals surface area contributed by atoms with Crippen LogP contribution in [0.25, 0.3) is 0 Å². The summed E-state index contributed by atoms with van der Waals surface area (Å²) in [5.74, 6) is -0.558. The molecule has 19 heavy (non-hydrogen) atoms. The first-order chi connectivity index (χ1) is 8.97. The molecule has 10 heteroatoms. The van der Waals surface area contributed by atoms with Gasteiger partial charge in [-0.2, -0.15) is 5.10 Å². The third-order valence-electron chi connectivity index (χ3n) is 2.25. The van der Waals surface area contributed by atoms with Crippen molar-refractivity contribution in [2.75, 3.05) is 5.43 Å². The van der Waals surface area contributed by atoms with Crippen molar-refractivity contribution in [3.63, 3.8) is 0 Å². The van der Waals surface area contributed by atoms with E-state index in [0.717, 1.165) is 0 Å². The topological polar surface area (TPSA) is 120 Å². The van der Waals surface area contributed by atoms with E-state index in [1.54, 1.807) is 20.3 Å². The zero-order chi connectivity index (χ0) is 14.0. The van der Waals surface area contributed by atoms with Gasteiger partial charge in [-0.25, -0.2) is 0 Å². The van der Waals surface area contributed by atoms with E-state index in [4.69, 9.17) is 0 Å². The summed E-state index contributed by atoms with van der Waals surface area (Å²) >= 11 is 0. The van der Waals surface area contributed by atoms with E-state index in [0.29, 0.717) is 0 Å². The van der Waals surface area contributed by atoms with E-state index in [2.05, 4.69) is 21.0 Å². The summed E-state index contributed by atoms with van der Waals surface area (Å²) in [6.45, 7) is 0. The van der Waals surface area contributed by atoms with Crippen molar-refractivity contribution in [3.8, 4) is 0 Å². The first kappa shape index (κ1) is 12.5. The lowest BCUT2D eigenvalue weighted by Crippen LogP contribution is -2.30. The monoisotopic (exact) mass is 265 g/mol. The molecule has 0 aliphatic carbocycles. The Labute approximate surface area is 107 Å². The van der Waals surface area contributed by atoms with Crippen LogP contribution in [0.1, 0.15) is 10.5 Å². The molecule has 2 rings (SSSR count). The van der Waals surface area contributed by atoms with Gasteiger partial charge in [0.15, 0.2) is 5.69 Å². The van der Waals surface area contributed by atoms with Crippen LogP contribution in [0.5, 0.6) is 0 Å². The lowest BCUT2D eigenvalue weighted by molar-refractivity contribution is -0.384. The molecule has 2 aromatic rings. The maximum atomic E-state index is 11.7. The maximum absolute atomic E-state index is 11.7. The summed E-state index contributed by atoms with van der Waals surface area (Å²) in [5, 5.41) is 18.5. The van der Waals surface area contributed by atoms with Gasteiger partial charge in [0, 0.05) is 20.3 Å². The molecule has 0 fully saturated rings. The molecule has 0 atom stereocenters. The minimum Gasteiger partial charge on any atom is -0.275 e. The second-order valence-corrected chi connectivity index (χ2v) is 3.75. The quantitative estimate of drug-likeness (QED) is 0.584. The Balaban J connectivity index is 2.07. The zero-order valence-electron chi connectivity index (χ0n) is 10.2. The van der Waals surface area contributed by atoms with Gasteiger partial charge in [-0.15, -0.1) is 5.10 Å². The first-order valence-electron chi connectivity index (χ1n) is 5.21. The minimum atomic E-state index is -0.595. The normalized spacial score (nSPS) is 10.2. The van der Waals surface area contributed by atoms with Crippen LogP contribution in [-0.4, -0.2) is 30.4 Å². The highest BCUT2D eigenvalue weighted by atomic mass is 16.6. The second-order valence-electron chi connectivity index (χ2n) is 3.75. The average Bonchev–Trinajstić information content (AvgIpc) is 2.92. The third kappa shape index (κ3) is 2.68. The Morgan fingerprint density at radius 3 is 2.68 bits per heavy atom. The predicted octanol–water partition coefficient (Wildman–Crippen LogP) is -0.181. The average molecular weight is 265 g/mol. The van der Waals surface area contributed by atoms with E-state index < -0.39 is 10.8 Å². The number of nitrogens with zero attached hydrogens (tertiary/aromatic N) is 5. The molecular formula is C9H11N7O3. The molecule has 0 radical (unpaired) electrons. The molecule has 2 heterocycles. The van der Waals surface area contributed by atoms with Crippen molar-refractivity contribution in [1.29, 1.82) is 0 Å². The molecule has 10 nitrogen and oxygen atoms in total. The van der Waals surface area contributed by atoms with Gasteiger partial charge in [0.2, 0.25) is 5.82 Å². The molecule has 0 aliphatic rings. The summed E-state index contributed by atoms with van der Waals surface area (Å²) in [4.78, 5) is 21.8. The van der Waals surface area contributed by atoms with Crippen molar-refractivity contribution in [1.82, 2.24) is 25.0 Å². The van der Waals surface area contributed by atoms with Gasteiger partial charge >= 0.3 is 5.69 Å². The highest BCUT2D eigenvalue weighted by Gasteiger charge is 2.19. The van der Waals surface area contributed by atoms with Crippen molar-refractivity contribution in [2.45, 2.75) is 0 Å². The molecule has 2 aromatic heterocycles. The molecule has 0 bridgehead atoms. The molecule has 0 saturated carbocycles. The van der Waals surface area contributed by atoms with Crippen LogP contribution in [0.4, 0.5) is 11.5 Å². The number of amides is 1. The third-order valence-corrected chi connectivity index (χ3v) is 2.25. The number of carbonyl (C=O) groups excluding carboxylic acids is 1. The molecule has 0 aliphatic heterocycles. The van der Waals surface area contributed by atoms with Gasteiger partial charge in [0.25, 0.3) is 5.91 Å². The van der Waals surface area contributed by atoms with Gasteiger partial charge in [0.05, 0.1) is 4.92 Å². The molecule has 2 N–H and O–H groups in total. The van der Waals surface area contributed by atoms with E-state index in [1.807, 2.05) is 0 Å². The highest BCUT2D eigenvalue weighted by Crippen LogP contribution is 2.20. The number of anilines is 1. The largest absolute Gasteiger partial charge is 0.332 e. The summed E-state index contributed by atoms with van der Waals surface area (Å²) in [5.41, 5.74) is 4.65. The van der Waals surface area contributed by atoms with Crippen LogP contribution in [-0.2, 0) is 14.1 Å². The Morgan fingerprint density at radius 1 is 1.37 bits per heavy atom. The van der Waals surface area contributed by atoms with E-state index >= 15 is 0 Å². The number of hydrazine groups is 1. The Hall–Kier alpha value is -2.91. The van der Waals surface area contributed by atoms with Crippen molar-refractivity contribution >= 4 is 17.4 Å². The number of carbonyl (C=O) groups is 1. The van der Waals surface area contributed by atoms with E-state index in [9.17, 15) is 14.9 Å². The van der Waals surface area contributed by atoms with Crippen molar-refractivity contribution in [2.24, 2.45) is 14.1 Å². The fourth-order valence-electron chi connectivity index (χ4n) is 1.41. The van der Waals surface area contributed by atoms with Crippen LogP contribution < -0.4 is 10.9 Å². The van der Waals surface area contributed by atoms with E-state index in [-0.39, 0.29) is 17.2 Å². The predicted molar refractivity (Wildman–Crippen MR) is 64.2 cm³/mol. The number of rotatable bonds is 4. The fourth-order valence-corrected chi connectivity index (χ4v) is 1.41. The van der Waals surface area contributed by atoms with Crippen molar-refractivity contribution in [3.05, 3.63) is 34.3 Å². The minimum absolute atomic E-state index is 0.0446. The summed E-state index contributed by atoms with van der Waals surface area (Å²) in [6.07, 6.45) is 2.84. The molecule has 0 saturated heterocycles. The van der Waals surface area contributed by atoms with Gasteiger partial charge in [-0.3, -0.25) is 35.1 Å². The number of hydrogen-bond donors (Lipinski definition) is 2. The number of hydrogen-bond acceptors (Lipinski definition) is 6. The molecule has 100 valence electrons. The van der Waals surface area contributed by atoms with Crippen molar-refractivity contribution < 1.29 is 9.72 Å². The Kier molecular flexibility index (Phi) is 3.14. The van der Waals surface area contributed by atoms with Gasteiger partial charge in [-0.05, 0) is 6.07 Å². The molecular weight excluding hydrogens is 254 g/mol. The van der Waals surface area contributed by atoms with Crippen LogP contribution in [0.15, 0.2) is 18.5 Å². The van der Waals surface area contributed by atoms with Gasteiger partial charge in [-0.1, -0.05) is 0 Å². The standard InChI is InChI=1S/C9H11N7O3/c1-14-4-3-6(12-14)9(17)11-10-8-7(16(18)19)5-15(2)13-8/h3-5H,1-2H3,(H,10,13)(H,11,17). The molecule has 0 aromatic carbocycles.